The van der Waals surface area contributed by atoms with E-state index in [4.69, 9.17) is 11.5 Å². The fraction of sp³-hybridized carbons (Fsp3) is 0.857. The predicted molar refractivity (Wildman–Crippen MR) is 70.7 cm³/mol. The lowest BCUT2D eigenvalue weighted by Crippen LogP contribution is -2.37. The number of sulfonamides is 1. The molecule has 1 heterocycles. The maximum absolute atomic E-state index is 11.3. The van der Waals surface area contributed by atoms with Crippen LogP contribution in [0.1, 0.15) is 12.8 Å². The van der Waals surface area contributed by atoms with Crippen LogP contribution in [-0.2, 0) is 10.0 Å². The Kier molecular flexibility index (Phi) is 5.81. The van der Waals surface area contributed by atoms with Crippen LogP contribution in [0.5, 0.6) is 0 Å². The monoisotopic (exact) mass is 348 g/mol. The van der Waals surface area contributed by atoms with Crippen molar-refractivity contribution in [3.8, 4) is 0 Å². The lowest BCUT2D eigenvalue weighted by molar-refractivity contribution is 0.397. The number of nitrogens with zero attached hydrogens (tertiary/aromatic N) is 2. The topological polar surface area (TPSA) is 102 Å². The van der Waals surface area contributed by atoms with Crippen molar-refractivity contribution in [2.24, 2.45) is 16.5 Å². The zero-order chi connectivity index (χ0) is 10.8. The van der Waals surface area contributed by atoms with E-state index in [1.807, 2.05) is 0 Å². The van der Waals surface area contributed by atoms with Crippen LogP contribution in [-0.4, -0.2) is 44.1 Å². The average molecular weight is 348 g/mol. The molecule has 0 radical (unpaired) electrons. The minimum atomic E-state index is -3.12. The second-order valence-corrected chi connectivity index (χ2v) is 5.37. The molecular formula is C7H17IN4O2S. The minimum Gasteiger partial charge on any atom is -0.370 e. The Morgan fingerprint density at radius 2 is 2.13 bits per heavy atom. The molecule has 0 spiro atoms. The molecule has 6 nitrogen and oxygen atoms in total. The van der Waals surface area contributed by atoms with E-state index in [1.54, 1.807) is 0 Å². The van der Waals surface area contributed by atoms with Gasteiger partial charge in [-0.2, -0.15) is 4.31 Å². The van der Waals surface area contributed by atoms with E-state index in [0.29, 0.717) is 13.1 Å². The Morgan fingerprint density at radius 1 is 1.53 bits per heavy atom. The quantitative estimate of drug-likeness (QED) is 0.400. The first-order chi connectivity index (χ1) is 6.41. The molecule has 0 saturated carbocycles. The first-order valence-electron chi connectivity index (χ1n) is 4.43. The van der Waals surface area contributed by atoms with Gasteiger partial charge < -0.3 is 11.5 Å². The van der Waals surface area contributed by atoms with Gasteiger partial charge in [-0.3, -0.25) is 4.99 Å². The van der Waals surface area contributed by atoms with Gasteiger partial charge in [-0.1, -0.05) is 0 Å². The molecule has 1 saturated heterocycles. The van der Waals surface area contributed by atoms with Crippen LogP contribution < -0.4 is 11.5 Å². The Balaban J connectivity index is 0.00000196. The predicted octanol–water partition coefficient (Wildman–Crippen LogP) is -0.698. The van der Waals surface area contributed by atoms with E-state index in [2.05, 4.69) is 4.99 Å². The molecule has 90 valence electrons. The largest absolute Gasteiger partial charge is 0.370 e. The van der Waals surface area contributed by atoms with E-state index in [1.165, 1.54) is 10.6 Å². The number of halogens is 1. The summed E-state index contributed by atoms with van der Waals surface area (Å²) < 4.78 is 24.1. The Labute approximate surface area is 107 Å². The number of guanidine groups is 1. The standard InChI is InChI=1S/C7H16N4O2S.HI/c1-14(12,13)11-4-2-3-6(11)5-10-7(8)9;/h6H,2-5H2,1H3,(H4,8,9,10);1H/t6-;/m1./s1. The van der Waals surface area contributed by atoms with Crippen LogP contribution in [0.4, 0.5) is 0 Å². The SMILES string of the molecule is CS(=O)(=O)N1CCC[C@@H]1CN=C(N)N.I. The third kappa shape index (κ3) is 4.51. The first kappa shape index (κ1) is 14.9. The van der Waals surface area contributed by atoms with Crippen LogP contribution in [0, 0.1) is 0 Å². The van der Waals surface area contributed by atoms with Crippen LogP contribution >= 0.6 is 24.0 Å². The summed E-state index contributed by atoms with van der Waals surface area (Å²) in [6.07, 6.45) is 2.91. The molecule has 1 aliphatic heterocycles. The molecule has 1 fully saturated rings. The Bertz CT molecular complexity index is 326. The average Bonchev–Trinajstić information content (AvgIpc) is 2.46. The highest BCUT2D eigenvalue weighted by Crippen LogP contribution is 2.20. The van der Waals surface area contributed by atoms with Crippen molar-refractivity contribution in [1.29, 1.82) is 0 Å². The van der Waals surface area contributed by atoms with E-state index in [-0.39, 0.29) is 36.0 Å². The molecule has 8 heteroatoms. The van der Waals surface area contributed by atoms with Crippen LogP contribution in [0.2, 0.25) is 0 Å². The van der Waals surface area contributed by atoms with Crippen LogP contribution in [0.25, 0.3) is 0 Å². The van der Waals surface area contributed by atoms with Gasteiger partial charge in [0.2, 0.25) is 10.0 Å². The van der Waals surface area contributed by atoms with Gasteiger partial charge in [0, 0.05) is 12.6 Å². The van der Waals surface area contributed by atoms with Crippen molar-refractivity contribution in [3.63, 3.8) is 0 Å². The molecule has 0 amide bonds. The fourth-order valence-corrected chi connectivity index (χ4v) is 2.81. The second kappa shape index (κ2) is 5.85. The van der Waals surface area contributed by atoms with Crippen LogP contribution in [0.3, 0.4) is 0 Å². The summed E-state index contributed by atoms with van der Waals surface area (Å²) in [4.78, 5) is 3.84. The number of hydrogen-bond donors (Lipinski definition) is 2. The molecule has 1 atom stereocenters. The third-order valence-electron chi connectivity index (χ3n) is 2.23. The van der Waals surface area contributed by atoms with Gasteiger partial charge in [-0.25, -0.2) is 8.42 Å². The van der Waals surface area contributed by atoms with Gasteiger partial charge >= 0.3 is 0 Å². The zero-order valence-corrected chi connectivity index (χ0v) is 11.7. The van der Waals surface area contributed by atoms with Gasteiger partial charge in [0.15, 0.2) is 5.96 Å². The fourth-order valence-electron chi connectivity index (χ4n) is 1.64. The number of aliphatic imine (C=N–C) groups is 1. The van der Waals surface area contributed by atoms with Crippen molar-refractivity contribution in [2.75, 3.05) is 19.3 Å². The number of hydrogen-bond acceptors (Lipinski definition) is 3. The lowest BCUT2D eigenvalue weighted by atomic mass is 10.2. The first-order valence-corrected chi connectivity index (χ1v) is 6.28. The molecular weight excluding hydrogens is 331 g/mol. The molecule has 0 aromatic rings. The highest BCUT2D eigenvalue weighted by Gasteiger charge is 2.30. The molecule has 1 aliphatic rings. The minimum absolute atomic E-state index is 0. The number of rotatable bonds is 3. The van der Waals surface area contributed by atoms with Gasteiger partial charge in [-0.15, -0.1) is 24.0 Å². The molecule has 0 aromatic heterocycles. The number of nitrogens with two attached hydrogens (primary N) is 2. The summed E-state index contributed by atoms with van der Waals surface area (Å²) in [6.45, 7) is 0.929. The molecule has 15 heavy (non-hydrogen) atoms. The molecule has 0 bridgehead atoms. The molecule has 0 aromatic carbocycles. The van der Waals surface area contributed by atoms with E-state index in [9.17, 15) is 8.42 Å². The van der Waals surface area contributed by atoms with E-state index >= 15 is 0 Å². The van der Waals surface area contributed by atoms with Gasteiger partial charge in [0.05, 0.1) is 12.8 Å². The normalized spacial score (nSPS) is 22.1. The van der Waals surface area contributed by atoms with E-state index < -0.39 is 10.0 Å². The summed E-state index contributed by atoms with van der Waals surface area (Å²) in [5, 5.41) is 0. The third-order valence-corrected chi connectivity index (χ3v) is 3.57. The highest BCUT2D eigenvalue weighted by atomic mass is 127. The summed E-state index contributed by atoms with van der Waals surface area (Å²) in [5.41, 5.74) is 10.4. The Morgan fingerprint density at radius 3 is 2.60 bits per heavy atom. The van der Waals surface area contributed by atoms with Gasteiger partial charge in [0.1, 0.15) is 0 Å². The zero-order valence-electron chi connectivity index (χ0n) is 8.59. The second-order valence-electron chi connectivity index (χ2n) is 3.44. The van der Waals surface area contributed by atoms with Crippen molar-refractivity contribution in [1.82, 2.24) is 4.31 Å². The summed E-state index contributed by atoms with van der Waals surface area (Å²) in [5.74, 6) is 0.00495. The molecule has 0 aliphatic carbocycles. The van der Waals surface area contributed by atoms with Crippen molar-refractivity contribution >= 4 is 40.0 Å². The van der Waals surface area contributed by atoms with Gasteiger partial charge in [0.25, 0.3) is 0 Å². The maximum atomic E-state index is 11.3. The van der Waals surface area contributed by atoms with Crippen LogP contribution in [0.15, 0.2) is 4.99 Å². The highest BCUT2D eigenvalue weighted by molar-refractivity contribution is 14.0. The van der Waals surface area contributed by atoms with E-state index in [0.717, 1.165) is 12.8 Å². The summed E-state index contributed by atoms with van der Waals surface area (Å²) in [6, 6.07) is -0.0768. The van der Waals surface area contributed by atoms with Crippen molar-refractivity contribution < 1.29 is 8.42 Å². The Hall–Kier alpha value is -0.0900. The van der Waals surface area contributed by atoms with Gasteiger partial charge in [-0.05, 0) is 12.8 Å². The smallest absolute Gasteiger partial charge is 0.211 e. The van der Waals surface area contributed by atoms with Crippen molar-refractivity contribution in [2.45, 2.75) is 18.9 Å². The summed E-state index contributed by atoms with van der Waals surface area (Å²) in [7, 11) is -3.12. The lowest BCUT2D eigenvalue weighted by Gasteiger charge is -2.20. The molecule has 1 rings (SSSR count). The molecule has 4 N–H and O–H groups in total. The maximum Gasteiger partial charge on any atom is 0.211 e. The summed E-state index contributed by atoms with van der Waals surface area (Å²) >= 11 is 0. The van der Waals surface area contributed by atoms with Crippen molar-refractivity contribution in [3.05, 3.63) is 0 Å². The molecule has 0 unspecified atom stereocenters.